The third-order valence-electron chi connectivity index (χ3n) is 2.97. The maximum atomic E-state index is 3.28. The third kappa shape index (κ3) is 2.64. The van der Waals surface area contributed by atoms with E-state index < -0.39 is 0 Å². The first kappa shape index (κ1) is 12.3. The standard InChI is InChI=1S/C18H11I/c19-18-13-15(12-11-14-7-3-1-4-8-14)16-9-5-2-6-10-17(16)18/h1-10,13H. The van der Waals surface area contributed by atoms with Crippen LogP contribution in [0.3, 0.4) is 0 Å². The fourth-order valence-electron chi connectivity index (χ4n) is 2.04. The Bertz CT molecular complexity index is 733. The highest BCUT2D eigenvalue weighted by Crippen LogP contribution is 2.32. The molecule has 0 aliphatic heterocycles. The Hall–Kier alpha value is -1.79. The van der Waals surface area contributed by atoms with Gasteiger partial charge in [-0.15, -0.1) is 0 Å². The van der Waals surface area contributed by atoms with Crippen molar-refractivity contribution in [2.24, 2.45) is 0 Å². The predicted octanol–water partition coefficient (Wildman–Crippen LogP) is 4.80. The monoisotopic (exact) mass is 354 g/mol. The largest absolute Gasteiger partial charge is 0.0622 e. The zero-order valence-electron chi connectivity index (χ0n) is 10.2. The Labute approximate surface area is 127 Å². The molecule has 0 spiro atoms. The highest BCUT2D eigenvalue weighted by Gasteiger charge is 2.10. The summed E-state index contributed by atoms with van der Waals surface area (Å²) in [5.41, 5.74) is 4.63. The van der Waals surface area contributed by atoms with E-state index in [0.29, 0.717) is 0 Å². The first-order valence-corrected chi connectivity index (χ1v) is 7.17. The van der Waals surface area contributed by atoms with Crippen molar-refractivity contribution < 1.29 is 0 Å². The van der Waals surface area contributed by atoms with Gasteiger partial charge in [-0.05, 0) is 51.9 Å². The molecule has 0 radical (unpaired) electrons. The van der Waals surface area contributed by atoms with Crippen molar-refractivity contribution in [3.63, 3.8) is 0 Å². The van der Waals surface area contributed by atoms with Crippen LogP contribution in [0.5, 0.6) is 0 Å². The molecule has 0 aromatic heterocycles. The van der Waals surface area contributed by atoms with Crippen LogP contribution in [0.4, 0.5) is 0 Å². The summed E-state index contributed by atoms with van der Waals surface area (Å²) in [4.78, 5) is 0. The highest BCUT2D eigenvalue weighted by molar-refractivity contribution is 14.1. The molecule has 0 amide bonds. The second-order valence-corrected chi connectivity index (χ2v) is 5.42. The van der Waals surface area contributed by atoms with Crippen LogP contribution in [-0.2, 0) is 0 Å². The molecule has 0 saturated carbocycles. The van der Waals surface area contributed by atoms with Crippen LogP contribution in [0, 0.1) is 15.4 Å². The average molecular weight is 354 g/mol. The summed E-state index contributed by atoms with van der Waals surface area (Å²) in [5, 5.41) is 0. The first-order valence-electron chi connectivity index (χ1n) is 6.09. The van der Waals surface area contributed by atoms with E-state index in [2.05, 4.69) is 64.8 Å². The lowest BCUT2D eigenvalue weighted by Gasteiger charge is -1.93. The molecule has 1 heteroatoms. The summed E-state index contributed by atoms with van der Waals surface area (Å²) in [6.45, 7) is 0. The van der Waals surface area contributed by atoms with Gasteiger partial charge in [-0.2, -0.15) is 0 Å². The zero-order chi connectivity index (χ0) is 13.1. The Morgan fingerprint density at radius 1 is 0.684 bits per heavy atom. The summed E-state index contributed by atoms with van der Waals surface area (Å²) in [5.74, 6) is 6.51. The summed E-state index contributed by atoms with van der Waals surface area (Å²) >= 11 is 2.37. The van der Waals surface area contributed by atoms with E-state index in [1.54, 1.807) is 0 Å². The molecule has 2 aliphatic carbocycles. The first-order chi connectivity index (χ1) is 9.34. The second kappa shape index (κ2) is 5.46. The van der Waals surface area contributed by atoms with E-state index in [1.807, 2.05) is 36.4 Å². The van der Waals surface area contributed by atoms with E-state index in [0.717, 1.165) is 11.1 Å². The lowest BCUT2D eigenvalue weighted by Crippen LogP contribution is -1.75. The molecule has 0 nitrogen and oxygen atoms in total. The Balaban J connectivity index is 2.07. The smallest absolute Gasteiger partial charge is 0.0338 e. The molecule has 2 aliphatic rings. The minimum absolute atomic E-state index is 1.05. The Morgan fingerprint density at radius 3 is 2.05 bits per heavy atom. The topological polar surface area (TPSA) is 0 Å². The van der Waals surface area contributed by atoms with Gasteiger partial charge in [0.05, 0.1) is 0 Å². The quantitative estimate of drug-likeness (QED) is 0.402. The SMILES string of the molecule is Ic1cc(C#Cc2ccccc2)c2cccccc1-2. The lowest BCUT2D eigenvalue weighted by molar-refractivity contribution is 1.64. The molecule has 90 valence electrons. The normalized spacial score (nSPS) is 9.95. The van der Waals surface area contributed by atoms with Crippen LogP contribution in [-0.4, -0.2) is 0 Å². The van der Waals surface area contributed by atoms with Crippen LogP contribution in [0.1, 0.15) is 11.1 Å². The van der Waals surface area contributed by atoms with Gasteiger partial charge >= 0.3 is 0 Å². The average Bonchev–Trinajstić information content (AvgIpc) is 2.64. The summed E-state index contributed by atoms with van der Waals surface area (Å²) < 4.78 is 1.25. The van der Waals surface area contributed by atoms with Gasteiger partial charge in [0.15, 0.2) is 0 Å². The second-order valence-electron chi connectivity index (χ2n) is 4.26. The fourth-order valence-corrected chi connectivity index (χ4v) is 2.82. The number of rotatable bonds is 0. The van der Waals surface area contributed by atoms with Crippen molar-refractivity contribution in [3.05, 3.63) is 81.4 Å². The van der Waals surface area contributed by atoms with Gasteiger partial charge in [-0.3, -0.25) is 0 Å². The molecule has 0 N–H and O–H groups in total. The summed E-state index contributed by atoms with van der Waals surface area (Å²) in [6, 6.07) is 22.7. The number of fused-ring (bicyclic) bond motifs is 1. The lowest BCUT2D eigenvalue weighted by atomic mass is 10.1. The van der Waals surface area contributed by atoms with Crippen LogP contribution in [0.2, 0.25) is 0 Å². The molecule has 0 saturated heterocycles. The van der Waals surface area contributed by atoms with Crippen molar-refractivity contribution in [2.75, 3.05) is 0 Å². The third-order valence-corrected chi connectivity index (χ3v) is 3.86. The summed E-state index contributed by atoms with van der Waals surface area (Å²) in [7, 11) is 0. The van der Waals surface area contributed by atoms with Gasteiger partial charge < -0.3 is 0 Å². The maximum Gasteiger partial charge on any atom is 0.0338 e. The van der Waals surface area contributed by atoms with Crippen molar-refractivity contribution in [1.29, 1.82) is 0 Å². The molecule has 0 heterocycles. The number of benzene rings is 1. The molecular weight excluding hydrogens is 343 g/mol. The van der Waals surface area contributed by atoms with Crippen LogP contribution >= 0.6 is 22.6 Å². The molecule has 1 aromatic carbocycles. The van der Waals surface area contributed by atoms with Crippen molar-refractivity contribution in [1.82, 2.24) is 0 Å². The van der Waals surface area contributed by atoms with Crippen molar-refractivity contribution in [3.8, 4) is 23.0 Å². The number of hydrogen-bond acceptors (Lipinski definition) is 0. The van der Waals surface area contributed by atoms with Crippen molar-refractivity contribution >= 4 is 22.6 Å². The number of halogens is 1. The Morgan fingerprint density at radius 2 is 1.32 bits per heavy atom. The van der Waals surface area contributed by atoms with Crippen LogP contribution < -0.4 is 0 Å². The van der Waals surface area contributed by atoms with E-state index in [1.165, 1.54) is 14.7 Å². The minimum Gasteiger partial charge on any atom is -0.0622 e. The molecule has 3 rings (SSSR count). The molecule has 1 aromatic rings. The van der Waals surface area contributed by atoms with E-state index in [9.17, 15) is 0 Å². The van der Waals surface area contributed by atoms with Gasteiger partial charge in [0.1, 0.15) is 0 Å². The molecule has 19 heavy (non-hydrogen) atoms. The summed E-state index contributed by atoms with van der Waals surface area (Å²) in [6.07, 6.45) is 0. The zero-order valence-corrected chi connectivity index (χ0v) is 12.4. The highest BCUT2D eigenvalue weighted by atomic mass is 127. The van der Waals surface area contributed by atoms with Gasteiger partial charge in [0.2, 0.25) is 0 Å². The molecular formula is C18H11I. The van der Waals surface area contributed by atoms with E-state index >= 15 is 0 Å². The van der Waals surface area contributed by atoms with Gasteiger partial charge in [0.25, 0.3) is 0 Å². The maximum absolute atomic E-state index is 3.28. The molecule has 0 atom stereocenters. The van der Waals surface area contributed by atoms with Gasteiger partial charge in [-0.1, -0.05) is 60.4 Å². The van der Waals surface area contributed by atoms with Gasteiger partial charge in [0, 0.05) is 14.7 Å². The fraction of sp³-hybridized carbons (Fsp3) is 0. The molecule has 0 fully saturated rings. The molecule has 0 bridgehead atoms. The van der Waals surface area contributed by atoms with Gasteiger partial charge in [-0.25, -0.2) is 0 Å². The van der Waals surface area contributed by atoms with Crippen LogP contribution in [0.25, 0.3) is 11.1 Å². The molecule has 0 unspecified atom stereocenters. The Kier molecular flexibility index (Phi) is 3.52. The minimum atomic E-state index is 1.05. The van der Waals surface area contributed by atoms with Crippen LogP contribution in [0.15, 0.2) is 66.7 Å². The number of hydrogen-bond donors (Lipinski definition) is 0. The van der Waals surface area contributed by atoms with E-state index in [-0.39, 0.29) is 0 Å². The predicted molar refractivity (Wildman–Crippen MR) is 88.2 cm³/mol. The van der Waals surface area contributed by atoms with Crippen molar-refractivity contribution in [2.45, 2.75) is 0 Å². The van der Waals surface area contributed by atoms with E-state index in [4.69, 9.17) is 0 Å².